The fraction of sp³-hybridized carbons (Fsp3) is 0.500. The second kappa shape index (κ2) is 6.61. The minimum absolute atomic E-state index is 0.171. The Morgan fingerprint density at radius 1 is 1.29 bits per heavy atom. The molecule has 0 aliphatic rings. The normalized spacial score (nSPS) is 16.2. The number of hydrogen-bond donors (Lipinski definition) is 1. The van der Waals surface area contributed by atoms with Crippen LogP contribution >= 0.6 is 0 Å². The number of rotatable bonds is 6. The summed E-state index contributed by atoms with van der Waals surface area (Å²) >= 11 is 0. The second-order valence-corrected chi connectivity index (χ2v) is 5.15. The van der Waals surface area contributed by atoms with Crippen molar-refractivity contribution >= 4 is 0 Å². The standard InChI is InChI=1S/C16H25N/c1-5-13(4)16(15(17)11-12(2)3)14-9-7-6-8-10-14/h6-10,13,15-16H,2,5,11,17H2,1,3-4H3. The lowest BCUT2D eigenvalue weighted by atomic mass is 9.78. The molecular formula is C16H25N. The minimum Gasteiger partial charge on any atom is -0.327 e. The Morgan fingerprint density at radius 3 is 2.35 bits per heavy atom. The van der Waals surface area contributed by atoms with E-state index in [0.717, 1.165) is 12.8 Å². The molecule has 17 heavy (non-hydrogen) atoms. The van der Waals surface area contributed by atoms with E-state index in [1.165, 1.54) is 11.1 Å². The van der Waals surface area contributed by atoms with Gasteiger partial charge in [-0.05, 0) is 24.8 Å². The van der Waals surface area contributed by atoms with E-state index in [0.29, 0.717) is 11.8 Å². The van der Waals surface area contributed by atoms with E-state index in [4.69, 9.17) is 5.73 Å². The molecule has 0 bridgehead atoms. The third-order valence-electron chi connectivity index (χ3n) is 3.49. The van der Waals surface area contributed by atoms with E-state index < -0.39 is 0 Å². The summed E-state index contributed by atoms with van der Waals surface area (Å²) in [5.41, 5.74) is 8.89. The third kappa shape index (κ3) is 4.01. The van der Waals surface area contributed by atoms with Gasteiger partial charge in [0.25, 0.3) is 0 Å². The predicted molar refractivity (Wildman–Crippen MR) is 76.0 cm³/mol. The van der Waals surface area contributed by atoms with Crippen molar-refractivity contribution in [3.8, 4) is 0 Å². The maximum atomic E-state index is 6.37. The molecule has 2 N–H and O–H groups in total. The van der Waals surface area contributed by atoms with Gasteiger partial charge in [-0.1, -0.05) is 56.2 Å². The maximum Gasteiger partial charge on any atom is 0.0148 e. The lowest BCUT2D eigenvalue weighted by molar-refractivity contribution is 0.379. The number of nitrogens with two attached hydrogens (primary N) is 1. The van der Waals surface area contributed by atoms with Gasteiger partial charge in [0, 0.05) is 12.0 Å². The lowest BCUT2D eigenvalue weighted by Gasteiger charge is -2.29. The van der Waals surface area contributed by atoms with Crippen molar-refractivity contribution < 1.29 is 0 Å². The fourth-order valence-electron chi connectivity index (χ4n) is 2.46. The summed E-state index contributed by atoms with van der Waals surface area (Å²) in [6, 6.07) is 10.8. The first-order valence-electron chi connectivity index (χ1n) is 6.51. The molecule has 1 rings (SSSR count). The molecule has 1 aromatic rings. The van der Waals surface area contributed by atoms with Crippen LogP contribution in [0.15, 0.2) is 42.5 Å². The SMILES string of the molecule is C=C(C)CC(N)C(c1ccccc1)C(C)CC. The first kappa shape index (κ1) is 14.0. The Morgan fingerprint density at radius 2 is 1.88 bits per heavy atom. The summed E-state index contributed by atoms with van der Waals surface area (Å²) in [4.78, 5) is 0. The van der Waals surface area contributed by atoms with Crippen molar-refractivity contribution in [1.29, 1.82) is 0 Å². The van der Waals surface area contributed by atoms with Crippen molar-refractivity contribution in [2.45, 2.75) is 45.6 Å². The van der Waals surface area contributed by atoms with Crippen LogP contribution in [-0.2, 0) is 0 Å². The van der Waals surface area contributed by atoms with Gasteiger partial charge in [-0.25, -0.2) is 0 Å². The van der Waals surface area contributed by atoms with Crippen LogP contribution in [-0.4, -0.2) is 6.04 Å². The molecule has 3 atom stereocenters. The highest BCUT2D eigenvalue weighted by Crippen LogP contribution is 2.31. The quantitative estimate of drug-likeness (QED) is 0.733. The molecule has 1 nitrogen and oxygen atoms in total. The molecule has 0 aliphatic carbocycles. The van der Waals surface area contributed by atoms with E-state index in [1.54, 1.807) is 0 Å². The van der Waals surface area contributed by atoms with Gasteiger partial charge in [0.05, 0.1) is 0 Å². The zero-order valence-corrected chi connectivity index (χ0v) is 11.3. The maximum absolute atomic E-state index is 6.37. The second-order valence-electron chi connectivity index (χ2n) is 5.15. The van der Waals surface area contributed by atoms with E-state index in [-0.39, 0.29) is 6.04 Å². The van der Waals surface area contributed by atoms with Crippen molar-refractivity contribution in [2.75, 3.05) is 0 Å². The first-order chi connectivity index (χ1) is 8.06. The molecule has 0 aliphatic heterocycles. The van der Waals surface area contributed by atoms with Crippen molar-refractivity contribution in [2.24, 2.45) is 11.7 Å². The molecule has 0 saturated carbocycles. The molecule has 0 radical (unpaired) electrons. The van der Waals surface area contributed by atoms with Crippen LogP contribution in [0.3, 0.4) is 0 Å². The van der Waals surface area contributed by atoms with Gasteiger partial charge in [0.15, 0.2) is 0 Å². The lowest BCUT2D eigenvalue weighted by Crippen LogP contribution is -2.32. The van der Waals surface area contributed by atoms with Crippen LogP contribution < -0.4 is 5.73 Å². The van der Waals surface area contributed by atoms with E-state index in [1.807, 2.05) is 0 Å². The van der Waals surface area contributed by atoms with Crippen LogP contribution in [0, 0.1) is 5.92 Å². The summed E-state index contributed by atoms with van der Waals surface area (Å²) in [6.45, 7) is 10.5. The molecule has 0 fully saturated rings. The Hall–Kier alpha value is -1.08. The molecule has 0 aromatic heterocycles. The summed E-state index contributed by atoms with van der Waals surface area (Å²) < 4.78 is 0. The Bertz CT molecular complexity index is 342. The molecule has 1 heteroatoms. The molecule has 0 spiro atoms. The summed E-state index contributed by atoms with van der Waals surface area (Å²) in [5.74, 6) is 1.03. The zero-order valence-electron chi connectivity index (χ0n) is 11.3. The van der Waals surface area contributed by atoms with Gasteiger partial charge in [0.2, 0.25) is 0 Å². The van der Waals surface area contributed by atoms with Crippen LogP contribution in [0.4, 0.5) is 0 Å². The fourth-order valence-corrected chi connectivity index (χ4v) is 2.46. The topological polar surface area (TPSA) is 26.0 Å². The molecule has 0 heterocycles. The first-order valence-corrected chi connectivity index (χ1v) is 6.51. The Balaban J connectivity index is 2.92. The Kier molecular flexibility index (Phi) is 5.43. The summed E-state index contributed by atoms with van der Waals surface area (Å²) in [7, 11) is 0. The Labute approximate surface area is 106 Å². The van der Waals surface area contributed by atoms with Gasteiger partial charge in [-0.2, -0.15) is 0 Å². The highest BCUT2D eigenvalue weighted by Gasteiger charge is 2.24. The smallest absolute Gasteiger partial charge is 0.0148 e. The number of benzene rings is 1. The van der Waals surface area contributed by atoms with E-state index in [2.05, 4.69) is 57.7 Å². The van der Waals surface area contributed by atoms with E-state index in [9.17, 15) is 0 Å². The van der Waals surface area contributed by atoms with Gasteiger partial charge in [-0.3, -0.25) is 0 Å². The predicted octanol–water partition coefficient (Wildman–Crippen LogP) is 4.11. The summed E-state index contributed by atoms with van der Waals surface area (Å²) in [6.07, 6.45) is 2.06. The average molecular weight is 231 g/mol. The van der Waals surface area contributed by atoms with Gasteiger partial charge >= 0.3 is 0 Å². The molecule has 1 aromatic carbocycles. The highest BCUT2D eigenvalue weighted by molar-refractivity contribution is 5.22. The van der Waals surface area contributed by atoms with Gasteiger partial charge < -0.3 is 5.73 Å². The van der Waals surface area contributed by atoms with E-state index >= 15 is 0 Å². The van der Waals surface area contributed by atoms with Gasteiger partial charge in [-0.15, -0.1) is 6.58 Å². The van der Waals surface area contributed by atoms with Gasteiger partial charge in [0.1, 0.15) is 0 Å². The van der Waals surface area contributed by atoms with Crippen LogP contribution in [0.5, 0.6) is 0 Å². The number of hydrogen-bond acceptors (Lipinski definition) is 1. The van der Waals surface area contributed by atoms with Crippen molar-refractivity contribution in [3.63, 3.8) is 0 Å². The minimum atomic E-state index is 0.171. The monoisotopic (exact) mass is 231 g/mol. The van der Waals surface area contributed by atoms with Crippen LogP contribution in [0.2, 0.25) is 0 Å². The molecule has 0 saturated heterocycles. The molecular weight excluding hydrogens is 206 g/mol. The van der Waals surface area contributed by atoms with Crippen LogP contribution in [0.25, 0.3) is 0 Å². The molecule has 94 valence electrons. The molecule has 3 unspecified atom stereocenters. The highest BCUT2D eigenvalue weighted by atomic mass is 14.7. The van der Waals surface area contributed by atoms with Crippen molar-refractivity contribution in [1.82, 2.24) is 0 Å². The average Bonchev–Trinajstić information content (AvgIpc) is 2.29. The third-order valence-corrected chi connectivity index (χ3v) is 3.49. The van der Waals surface area contributed by atoms with Crippen molar-refractivity contribution in [3.05, 3.63) is 48.0 Å². The largest absolute Gasteiger partial charge is 0.327 e. The van der Waals surface area contributed by atoms with Crippen LogP contribution in [0.1, 0.15) is 45.1 Å². The summed E-state index contributed by atoms with van der Waals surface area (Å²) in [5, 5.41) is 0. The zero-order chi connectivity index (χ0) is 12.8. The molecule has 0 amide bonds.